The third-order valence-corrected chi connectivity index (χ3v) is 6.31. The molecule has 170 valence electrons. The molecule has 6 heteroatoms. The highest BCUT2D eigenvalue weighted by Gasteiger charge is 2.47. The topological polar surface area (TPSA) is 82.6 Å². The van der Waals surface area contributed by atoms with Crippen molar-refractivity contribution in [2.24, 2.45) is 0 Å². The predicted molar refractivity (Wildman–Crippen MR) is 132 cm³/mol. The fourth-order valence-electron chi connectivity index (χ4n) is 4.67. The van der Waals surface area contributed by atoms with E-state index in [2.05, 4.69) is 4.98 Å². The highest BCUT2D eigenvalue weighted by atomic mass is 16.5. The normalized spacial score (nSPS) is 17.5. The number of carbonyl (C=O) groups excluding carboxylic acids is 2. The standard InChI is InChI=1S/C28H24N2O4/c1-16-7-6-8-19(13-16)30-25(21-15-29-22-10-5-4-9-20(21)22)24(27(32)28(30)33)26(31)18-11-12-23(34-3)17(2)14-18/h4-15,25,29,31H,1-3H3/b26-24+. The number of ketones is 1. The van der Waals surface area contributed by atoms with Crippen LogP contribution in [0, 0.1) is 13.8 Å². The summed E-state index contributed by atoms with van der Waals surface area (Å²) in [6, 6.07) is 19.5. The second-order valence-corrected chi connectivity index (χ2v) is 8.48. The van der Waals surface area contributed by atoms with Crippen LogP contribution in [0.5, 0.6) is 5.75 Å². The summed E-state index contributed by atoms with van der Waals surface area (Å²) in [7, 11) is 1.58. The average Bonchev–Trinajstić information content (AvgIpc) is 3.37. The molecule has 2 heterocycles. The molecule has 0 bridgehead atoms. The Bertz CT molecular complexity index is 1480. The van der Waals surface area contributed by atoms with Gasteiger partial charge in [-0.25, -0.2) is 0 Å². The first-order valence-corrected chi connectivity index (χ1v) is 11.0. The lowest BCUT2D eigenvalue weighted by Crippen LogP contribution is -2.29. The number of hydrogen-bond acceptors (Lipinski definition) is 4. The van der Waals surface area contributed by atoms with Gasteiger partial charge in [0.1, 0.15) is 11.5 Å². The Kier molecular flexibility index (Phi) is 5.21. The van der Waals surface area contributed by atoms with Gasteiger partial charge in [0.15, 0.2) is 0 Å². The van der Waals surface area contributed by atoms with Crippen LogP contribution in [0.4, 0.5) is 5.69 Å². The molecule has 0 radical (unpaired) electrons. The van der Waals surface area contributed by atoms with Crippen molar-refractivity contribution >= 4 is 34.0 Å². The minimum atomic E-state index is -0.791. The Labute approximate surface area is 197 Å². The molecule has 1 atom stereocenters. The van der Waals surface area contributed by atoms with Gasteiger partial charge in [-0.1, -0.05) is 30.3 Å². The molecule has 5 rings (SSSR count). The van der Waals surface area contributed by atoms with E-state index in [0.717, 1.165) is 27.6 Å². The number of benzene rings is 3. The summed E-state index contributed by atoms with van der Waals surface area (Å²) >= 11 is 0. The number of ether oxygens (including phenoxy) is 1. The van der Waals surface area contributed by atoms with Gasteiger partial charge in [0.2, 0.25) is 0 Å². The predicted octanol–water partition coefficient (Wildman–Crippen LogP) is 5.42. The summed E-state index contributed by atoms with van der Waals surface area (Å²) < 4.78 is 5.33. The van der Waals surface area contributed by atoms with Crippen LogP contribution in [0.1, 0.15) is 28.3 Å². The number of aromatic nitrogens is 1. The third kappa shape index (κ3) is 3.35. The first-order valence-electron chi connectivity index (χ1n) is 11.0. The minimum absolute atomic E-state index is 0.0563. The largest absolute Gasteiger partial charge is 0.507 e. The minimum Gasteiger partial charge on any atom is -0.507 e. The van der Waals surface area contributed by atoms with Gasteiger partial charge in [0.05, 0.1) is 18.7 Å². The van der Waals surface area contributed by atoms with Crippen molar-refractivity contribution in [1.29, 1.82) is 0 Å². The van der Waals surface area contributed by atoms with Crippen molar-refractivity contribution in [3.8, 4) is 5.75 Å². The Hall–Kier alpha value is -4.32. The van der Waals surface area contributed by atoms with Crippen LogP contribution in [0.2, 0.25) is 0 Å². The number of fused-ring (bicyclic) bond motifs is 1. The quantitative estimate of drug-likeness (QED) is 0.246. The zero-order chi connectivity index (χ0) is 24.0. The summed E-state index contributed by atoms with van der Waals surface area (Å²) in [5.74, 6) is -0.935. The van der Waals surface area contributed by atoms with Crippen LogP contribution in [0.25, 0.3) is 16.7 Å². The number of nitrogens with one attached hydrogen (secondary N) is 1. The number of carbonyl (C=O) groups is 2. The zero-order valence-corrected chi connectivity index (χ0v) is 19.1. The van der Waals surface area contributed by atoms with Gasteiger partial charge >= 0.3 is 0 Å². The number of para-hydroxylation sites is 1. The maximum absolute atomic E-state index is 13.4. The average molecular weight is 453 g/mol. The highest BCUT2D eigenvalue weighted by molar-refractivity contribution is 6.51. The number of nitrogens with zero attached hydrogens (tertiary/aromatic N) is 1. The lowest BCUT2D eigenvalue weighted by Gasteiger charge is -2.25. The maximum atomic E-state index is 13.4. The summed E-state index contributed by atoms with van der Waals surface area (Å²) in [6.07, 6.45) is 1.80. The SMILES string of the molecule is COc1ccc(/C(O)=C2\C(=O)C(=O)N(c3cccc(C)c3)C2c2c[nH]c3ccccc23)cc1C. The fraction of sp³-hybridized carbons (Fsp3) is 0.143. The molecule has 1 aromatic heterocycles. The van der Waals surface area contributed by atoms with Gasteiger partial charge in [-0.05, 0) is 61.4 Å². The van der Waals surface area contributed by atoms with E-state index in [1.54, 1.807) is 37.6 Å². The molecule has 1 saturated heterocycles. The molecule has 2 N–H and O–H groups in total. The number of aryl methyl sites for hydroxylation is 2. The van der Waals surface area contributed by atoms with E-state index in [0.29, 0.717) is 17.0 Å². The Morgan fingerprint density at radius 3 is 2.53 bits per heavy atom. The molecule has 0 spiro atoms. The number of aromatic amines is 1. The molecular formula is C28H24N2O4. The summed E-state index contributed by atoms with van der Waals surface area (Å²) in [5, 5.41) is 12.3. The Morgan fingerprint density at radius 1 is 1.00 bits per heavy atom. The molecule has 0 aliphatic carbocycles. The number of hydrogen-bond donors (Lipinski definition) is 2. The zero-order valence-electron chi connectivity index (χ0n) is 19.1. The van der Waals surface area contributed by atoms with E-state index < -0.39 is 17.7 Å². The number of amides is 1. The number of H-pyrrole nitrogens is 1. The second-order valence-electron chi connectivity index (χ2n) is 8.48. The van der Waals surface area contributed by atoms with Gasteiger partial charge in [-0.15, -0.1) is 0 Å². The first-order chi connectivity index (χ1) is 16.4. The Morgan fingerprint density at radius 2 is 1.79 bits per heavy atom. The van der Waals surface area contributed by atoms with Gasteiger partial charge in [0, 0.05) is 33.9 Å². The molecule has 0 saturated carbocycles. The van der Waals surface area contributed by atoms with Gasteiger partial charge in [-0.3, -0.25) is 14.5 Å². The number of methoxy groups -OCH3 is 1. The monoisotopic (exact) mass is 452 g/mol. The first kappa shape index (κ1) is 21.5. The highest BCUT2D eigenvalue weighted by Crippen LogP contribution is 2.44. The number of rotatable bonds is 4. The molecular weight excluding hydrogens is 428 g/mol. The lowest BCUT2D eigenvalue weighted by molar-refractivity contribution is -0.132. The number of aliphatic hydroxyl groups is 1. The molecule has 34 heavy (non-hydrogen) atoms. The van der Waals surface area contributed by atoms with E-state index in [1.165, 1.54) is 4.90 Å². The van der Waals surface area contributed by atoms with E-state index >= 15 is 0 Å². The molecule has 1 fully saturated rings. The van der Waals surface area contributed by atoms with E-state index in [9.17, 15) is 14.7 Å². The molecule has 6 nitrogen and oxygen atoms in total. The number of anilines is 1. The molecule has 3 aromatic carbocycles. The summed E-state index contributed by atoms with van der Waals surface area (Å²) in [4.78, 5) is 31.5. The molecule has 1 aliphatic heterocycles. The molecule has 1 aliphatic rings. The Balaban J connectivity index is 1.77. The van der Waals surface area contributed by atoms with Gasteiger partial charge in [-0.2, -0.15) is 0 Å². The molecule has 1 amide bonds. The van der Waals surface area contributed by atoms with Crippen LogP contribution < -0.4 is 9.64 Å². The van der Waals surface area contributed by atoms with Crippen LogP contribution in [-0.2, 0) is 9.59 Å². The second kappa shape index (κ2) is 8.23. The van der Waals surface area contributed by atoms with Crippen molar-refractivity contribution in [3.63, 3.8) is 0 Å². The van der Waals surface area contributed by atoms with E-state index in [4.69, 9.17) is 4.74 Å². The van der Waals surface area contributed by atoms with E-state index in [-0.39, 0.29) is 11.3 Å². The molecule has 4 aromatic rings. The fourth-order valence-corrected chi connectivity index (χ4v) is 4.67. The maximum Gasteiger partial charge on any atom is 0.300 e. The van der Waals surface area contributed by atoms with Crippen molar-refractivity contribution < 1.29 is 19.4 Å². The van der Waals surface area contributed by atoms with Crippen molar-refractivity contribution in [1.82, 2.24) is 4.98 Å². The van der Waals surface area contributed by atoms with Crippen LogP contribution in [0.15, 0.2) is 78.5 Å². The van der Waals surface area contributed by atoms with Gasteiger partial charge in [0.25, 0.3) is 11.7 Å². The van der Waals surface area contributed by atoms with Crippen LogP contribution >= 0.6 is 0 Å². The number of aliphatic hydroxyl groups excluding tert-OH is 1. The smallest absolute Gasteiger partial charge is 0.300 e. The molecule has 1 unspecified atom stereocenters. The van der Waals surface area contributed by atoms with E-state index in [1.807, 2.05) is 56.3 Å². The number of Topliss-reactive ketones (excluding diaryl/α,β-unsaturated/α-hetero) is 1. The summed E-state index contributed by atoms with van der Waals surface area (Å²) in [5.41, 5.74) is 4.50. The lowest BCUT2D eigenvalue weighted by atomic mass is 9.94. The van der Waals surface area contributed by atoms with Crippen molar-refractivity contribution in [2.75, 3.05) is 12.0 Å². The van der Waals surface area contributed by atoms with Gasteiger partial charge < -0.3 is 14.8 Å². The summed E-state index contributed by atoms with van der Waals surface area (Å²) in [6.45, 7) is 3.79. The third-order valence-electron chi connectivity index (χ3n) is 6.31. The van der Waals surface area contributed by atoms with Crippen LogP contribution in [-0.4, -0.2) is 28.9 Å². The van der Waals surface area contributed by atoms with Crippen molar-refractivity contribution in [3.05, 3.63) is 101 Å². The van der Waals surface area contributed by atoms with Crippen molar-refractivity contribution in [2.45, 2.75) is 19.9 Å². The van der Waals surface area contributed by atoms with Crippen LogP contribution in [0.3, 0.4) is 0 Å².